The Morgan fingerprint density at radius 3 is 2.88 bits per heavy atom. The summed E-state index contributed by atoms with van der Waals surface area (Å²) in [6.07, 6.45) is 0. The van der Waals surface area contributed by atoms with Crippen LogP contribution in [0.25, 0.3) is 20.8 Å². The van der Waals surface area contributed by atoms with Gasteiger partial charge in [-0.3, -0.25) is 4.90 Å². The van der Waals surface area contributed by atoms with Crippen molar-refractivity contribution in [1.82, 2.24) is 9.88 Å². The van der Waals surface area contributed by atoms with E-state index in [-0.39, 0.29) is 0 Å². The van der Waals surface area contributed by atoms with Crippen LogP contribution < -0.4 is 9.47 Å². The fraction of sp³-hybridized carbons (Fsp3) is 0.381. The number of nitrogens with zero attached hydrogens (tertiary/aromatic N) is 2. The fourth-order valence-electron chi connectivity index (χ4n) is 3.48. The van der Waals surface area contributed by atoms with Gasteiger partial charge in [-0.05, 0) is 30.2 Å². The van der Waals surface area contributed by atoms with E-state index in [2.05, 4.69) is 49.1 Å². The summed E-state index contributed by atoms with van der Waals surface area (Å²) in [5.41, 5.74) is 3.31. The molecule has 2 aromatic carbocycles. The van der Waals surface area contributed by atoms with Crippen molar-refractivity contribution in [2.24, 2.45) is 5.92 Å². The highest BCUT2D eigenvalue weighted by Crippen LogP contribution is 2.40. The van der Waals surface area contributed by atoms with E-state index in [1.54, 1.807) is 18.4 Å². The number of rotatable bonds is 4. The van der Waals surface area contributed by atoms with Crippen molar-refractivity contribution >= 4 is 21.6 Å². The Labute approximate surface area is 158 Å². The minimum atomic E-state index is 0.630. The molecule has 0 radical (unpaired) electrons. The van der Waals surface area contributed by atoms with Gasteiger partial charge in [0.1, 0.15) is 11.6 Å². The Kier molecular flexibility index (Phi) is 4.83. The number of hydrogen-bond acceptors (Lipinski definition) is 5. The first kappa shape index (κ1) is 17.3. The van der Waals surface area contributed by atoms with E-state index in [1.807, 2.05) is 6.07 Å². The molecule has 0 saturated carbocycles. The summed E-state index contributed by atoms with van der Waals surface area (Å²) in [5.74, 6) is 2.30. The van der Waals surface area contributed by atoms with Gasteiger partial charge in [0.15, 0.2) is 11.5 Å². The van der Waals surface area contributed by atoms with E-state index in [0.29, 0.717) is 12.5 Å². The maximum atomic E-state index is 6.05. The molecule has 0 amide bonds. The molecule has 1 aliphatic rings. The quantitative estimate of drug-likeness (QED) is 0.661. The van der Waals surface area contributed by atoms with E-state index in [1.165, 1.54) is 10.3 Å². The van der Waals surface area contributed by atoms with Gasteiger partial charge < -0.3 is 9.47 Å². The largest absolute Gasteiger partial charge is 0.493 e. The van der Waals surface area contributed by atoms with Crippen molar-refractivity contribution in [2.75, 3.05) is 26.8 Å². The smallest absolute Gasteiger partial charge is 0.165 e. The van der Waals surface area contributed by atoms with Gasteiger partial charge in [-0.15, -0.1) is 11.3 Å². The van der Waals surface area contributed by atoms with Crippen LogP contribution in [0, 0.1) is 5.92 Å². The van der Waals surface area contributed by atoms with E-state index >= 15 is 0 Å². The van der Waals surface area contributed by atoms with Crippen LogP contribution in [0.1, 0.15) is 19.4 Å². The second-order valence-corrected chi connectivity index (χ2v) is 8.16. The van der Waals surface area contributed by atoms with Gasteiger partial charge in [-0.2, -0.15) is 0 Å². The third kappa shape index (κ3) is 3.41. The fourth-order valence-corrected chi connectivity index (χ4v) is 4.43. The summed E-state index contributed by atoms with van der Waals surface area (Å²) in [6.45, 7) is 8.08. The maximum absolute atomic E-state index is 6.05. The number of aromatic nitrogens is 1. The van der Waals surface area contributed by atoms with Crippen molar-refractivity contribution in [3.05, 3.63) is 42.0 Å². The maximum Gasteiger partial charge on any atom is 0.165 e. The Bertz CT molecular complexity index is 887. The number of benzene rings is 2. The van der Waals surface area contributed by atoms with Crippen molar-refractivity contribution in [3.63, 3.8) is 0 Å². The number of para-hydroxylation sites is 1. The van der Waals surface area contributed by atoms with Crippen molar-refractivity contribution in [1.29, 1.82) is 0 Å². The minimum absolute atomic E-state index is 0.630. The molecular weight excluding hydrogens is 344 g/mol. The van der Waals surface area contributed by atoms with E-state index in [4.69, 9.17) is 14.5 Å². The molecule has 1 aromatic heterocycles. The molecule has 3 aromatic rings. The number of hydrogen-bond donors (Lipinski definition) is 0. The average Bonchev–Trinajstić information content (AvgIpc) is 2.95. The van der Waals surface area contributed by atoms with Crippen LogP contribution in [-0.4, -0.2) is 36.7 Å². The normalized spacial score (nSPS) is 14.9. The molecule has 0 unspecified atom stereocenters. The standard InChI is InChI=1S/C21H24N2O2S/c1-14(2)12-23-8-9-25-20-16(13-23)10-15(11-18(20)24-3)21-22-17-6-4-5-7-19(17)26-21/h4-7,10-11,14H,8-9,12-13H2,1-3H3. The van der Waals surface area contributed by atoms with Crippen LogP contribution in [0.2, 0.25) is 0 Å². The number of ether oxygens (including phenoxy) is 2. The van der Waals surface area contributed by atoms with Crippen molar-refractivity contribution in [3.8, 4) is 22.1 Å². The molecule has 0 N–H and O–H groups in total. The molecule has 0 fully saturated rings. The van der Waals surface area contributed by atoms with E-state index < -0.39 is 0 Å². The van der Waals surface area contributed by atoms with Crippen LogP contribution in [0.4, 0.5) is 0 Å². The molecule has 0 aliphatic carbocycles. The molecule has 0 bridgehead atoms. The van der Waals surface area contributed by atoms with Gasteiger partial charge in [0, 0.05) is 30.8 Å². The molecule has 136 valence electrons. The van der Waals surface area contributed by atoms with E-state index in [9.17, 15) is 0 Å². The van der Waals surface area contributed by atoms with Gasteiger partial charge in [-0.1, -0.05) is 26.0 Å². The zero-order chi connectivity index (χ0) is 18.1. The van der Waals surface area contributed by atoms with Gasteiger partial charge in [0.25, 0.3) is 0 Å². The first-order valence-electron chi connectivity index (χ1n) is 9.06. The zero-order valence-corrected chi connectivity index (χ0v) is 16.3. The summed E-state index contributed by atoms with van der Waals surface area (Å²) in [7, 11) is 1.71. The summed E-state index contributed by atoms with van der Waals surface area (Å²) < 4.78 is 12.9. The van der Waals surface area contributed by atoms with Gasteiger partial charge in [-0.25, -0.2) is 4.98 Å². The summed E-state index contributed by atoms with van der Waals surface area (Å²) in [6, 6.07) is 12.5. The molecule has 2 heterocycles. The highest BCUT2D eigenvalue weighted by molar-refractivity contribution is 7.21. The van der Waals surface area contributed by atoms with Crippen LogP contribution >= 0.6 is 11.3 Å². The molecule has 0 spiro atoms. The van der Waals surface area contributed by atoms with Gasteiger partial charge >= 0.3 is 0 Å². The molecular formula is C21H24N2O2S. The third-order valence-electron chi connectivity index (χ3n) is 4.56. The number of methoxy groups -OCH3 is 1. The van der Waals surface area contributed by atoms with Crippen molar-refractivity contribution in [2.45, 2.75) is 20.4 Å². The Hall–Kier alpha value is -2.11. The minimum Gasteiger partial charge on any atom is -0.493 e. The van der Waals surface area contributed by atoms with Crippen LogP contribution in [0.5, 0.6) is 11.5 Å². The summed E-state index contributed by atoms with van der Waals surface area (Å²) in [5, 5.41) is 1.02. The molecule has 4 rings (SSSR count). The predicted octanol–water partition coefficient (Wildman–Crippen LogP) is 4.82. The molecule has 4 nitrogen and oxygen atoms in total. The third-order valence-corrected chi connectivity index (χ3v) is 5.65. The van der Waals surface area contributed by atoms with Gasteiger partial charge in [0.05, 0.1) is 17.3 Å². The second-order valence-electron chi connectivity index (χ2n) is 7.13. The molecule has 0 atom stereocenters. The highest BCUT2D eigenvalue weighted by atomic mass is 32.1. The number of fused-ring (bicyclic) bond motifs is 2. The van der Waals surface area contributed by atoms with Crippen LogP contribution in [-0.2, 0) is 6.54 Å². The van der Waals surface area contributed by atoms with E-state index in [0.717, 1.165) is 47.2 Å². The SMILES string of the molecule is COc1cc(-c2nc3ccccc3s2)cc2c1OCCN(CC(C)C)C2. The lowest BCUT2D eigenvalue weighted by Gasteiger charge is -2.21. The first-order valence-corrected chi connectivity index (χ1v) is 9.87. The summed E-state index contributed by atoms with van der Waals surface area (Å²) >= 11 is 1.72. The monoisotopic (exact) mass is 368 g/mol. The van der Waals surface area contributed by atoms with Crippen LogP contribution in [0.3, 0.4) is 0 Å². The second kappa shape index (κ2) is 7.25. The highest BCUT2D eigenvalue weighted by Gasteiger charge is 2.21. The lowest BCUT2D eigenvalue weighted by atomic mass is 10.1. The molecule has 0 saturated heterocycles. The topological polar surface area (TPSA) is 34.6 Å². The zero-order valence-electron chi connectivity index (χ0n) is 15.5. The molecule has 5 heteroatoms. The Morgan fingerprint density at radius 1 is 1.27 bits per heavy atom. The Balaban J connectivity index is 1.76. The lowest BCUT2D eigenvalue weighted by Crippen LogP contribution is -2.29. The molecule has 26 heavy (non-hydrogen) atoms. The molecule has 1 aliphatic heterocycles. The first-order chi connectivity index (χ1) is 12.6. The summed E-state index contributed by atoms with van der Waals surface area (Å²) in [4.78, 5) is 7.26. The average molecular weight is 369 g/mol. The van der Waals surface area contributed by atoms with Crippen LogP contribution in [0.15, 0.2) is 36.4 Å². The lowest BCUT2D eigenvalue weighted by molar-refractivity contribution is 0.205. The van der Waals surface area contributed by atoms with Gasteiger partial charge in [0.2, 0.25) is 0 Å². The van der Waals surface area contributed by atoms with Crippen molar-refractivity contribution < 1.29 is 9.47 Å². The Morgan fingerprint density at radius 2 is 2.12 bits per heavy atom. The number of thiazole rings is 1. The predicted molar refractivity (Wildman–Crippen MR) is 107 cm³/mol.